The highest BCUT2D eigenvalue weighted by Crippen LogP contribution is 2.21. The molecule has 0 bridgehead atoms. The lowest BCUT2D eigenvalue weighted by atomic mass is 10.1. The van der Waals surface area contributed by atoms with E-state index in [0.717, 1.165) is 25.9 Å². The number of aromatic amines is 1. The van der Waals surface area contributed by atoms with Crippen molar-refractivity contribution in [1.82, 2.24) is 24.4 Å². The van der Waals surface area contributed by atoms with Crippen LogP contribution in [0, 0.1) is 0 Å². The molecule has 1 saturated heterocycles. The molecule has 0 radical (unpaired) electrons. The lowest BCUT2D eigenvalue weighted by Gasteiger charge is -2.24. The Morgan fingerprint density at radius 3 is 2.86 bits per heavy atom. The first-order valence-corrected chi connectivity index (χ1v) is 7.11. The van der Waals surface area contributed by atoms with Crippen LogP contribution < -0.4 is 16.6 Å². The second-order valence-corrected chi connectivity index (χ2v) is 5.21. The van der Waals surface area contributed by atoms with Crippen LogP contribution in [0.25, 0.3) is 11.2 Å². The number of methoxy groups -OCH3 is 1. The van der Waals surface area contributed by atoms with E-state index in [4.69, 9.17) is 4.74 Å². The zero-order valence-corrected chi connectivity index (χ0v) is 12.0. The van der Waals surface area contributed by atoms with Gasteiger partial charge in [0.25, 0.3) is 5.56 Å². The van der Waals surface area contributed by atoms with E-state index < -0.39 is 5.69 Å². The van der Waals surface area contributed by atoms with Gasteiger partial charge in [-0.15, -0.1) is 0 Å². The summed E-state index contributed by atoms with van der Waals surface area (Å²) in [7, 11) is 1.57. The summed E-state index contributed by atoms with van der Waals surface area (Å²) in [6.07, 6.45) is 3.56. The Balaban J connectivity index is 2.12. The van der Waals surface area contributed by atoms with Gasteiger partial charge < -0.3 is 14.6 Å². The summed E-state index contributed by atoms with van der Waals surface area (Å²) in [4.78, 5) is 30.8. The second kappa shape index (κ2) is 5.82. The number of hydrogen-bond acceptors (Lipinski definition) is 5. The molecule has 0 spiro atoms. The highest BCUT2D eigenvalue weighted by Gasteiger charge is 2.20. The zero-order chi connectivity index (χ0) is 14.8. The smallest absolute Gasteiger partial charge is 0.330 e. The molecule has 0 amide bonds. The van der Waals surface area contributed by atoms with E-state index in [1.165, 1.54) is 4.57 Å². The lowest BCUT2D eigenvalue weighted by Crippen LogP contribution is -2.34. The quantitative estimate of drug-likeness (QED) is 0.789. The lowest BCUT2D eigenvalue weighted by molar-refractivity contribution is 0.187. The minimum absolute atomic E-state index is 0.241. The molecule has 1 aliphatic heterocycles. The molecule has 21 heavy (non-hydrogen) atoms. The molecule has 2 N–H and O–H groups in total. The van der Waals surface area contributed by atoms with Gasteiger partial charge in [0.15, 0.2) is 11.2 Å². The third-order valence-electron chi connectivity index (χ3n) is 3.93. The molecule has 0 aromatic carbocycles. The Morgan fingerprint density at radius 2 is 2.14 bits per heavy atom. The van der Waals surface area contributed by atoms with E-state index in [2.05, 4.69) is 15.3 Å². The van der Waals surface area contributed by atoms with Gasteiger partial charge in [-0.1, -0.05) is 0 Å². The third-order valence-corrected chi connectivity index (χ3v) is 3.93. The molecular weight excluding hydrogens is 274 g/mol. The van der Waals surface area contributed by atoms with Crippen molar-refractivity contribution in [3.63, 3.8) is 0 Å². The molecule has 8 nitrogen and oxygen atoms in total. The van der Waals surface area contributed by atoms with E-state index in [1.54, 1.807) is 13.4 Å². The van der Waals surface area contributed by atoms with Gasteiger partial charge in [-0.05, 0) is 25.9 Å². The fourth-order valence-electron chi connectivity index (χ4n) is 2.84. The fourth-order valence-corrected chi connectivity index (χ4v) is 2.84. The highest BCUT2D eigenvalue weighted by molar-refractivity contribution is 5.70. The maximum absolute atomic E-state index is 12.2. The van der Waals surface area contributed by atoms with E-state index >= 15 is 0 Å². The van der Waals surface area contributed by atoms with Crippen molar-refractivity contribution >= 4 is 11.2 Å². The van der Waals surface area contributed by atoms with Crippen LogP contribution in [0.1, 0.15) is 18.9 Å². The summed E-state index contributed by atoms with van der Waals surface area (Å²) < 4.78 is 8.37. The monoisotopic (exact) mass is 293 g/mol. The van der Waals surface area contributed by atoms with Gasteiger partial charge in [0.05, 0.1) is 19.5 Å². The molecule has 1 aliphatic rings. The van der Waals surface area contributed by atoms with Gasteiger partial charge in [0, 0.05) is 13.2 Å². The Labute approximate surface area is 120 Å². The predicted octanol–water partition coefficient (Wildman–Crippen LogP) is -0.543. The van der Waals surface area contributed by atoms with Gasteiger partial charge in [0.2, 0.25) is 0 Å². The average molecular weight is 293 g/mol. The second-order valence-electron chi connectivity index (χ2n) is 5.21. The molecule has 3 rings (SSSR count). The molecule has 0 atom stereocenters. The highest BCUT2D eigenvalue weighted by atomic mass is 16.5. The van der Waals surface area contributed by atoms with Crippen LogP contribution in [-0.2, 0) is 11.3 Å². The summed E-state index contributed by atoms with van der Waals surface area (Å²) in [5, 5.41) is 3.30. The molecule has 8 heteroatoms. The molecule has 2 aromatic rings. The Kier molecular flexibility index (Phi) is 3.89. The number of rotatable bonds is 4. The van der Waals surface area contributed by atoms with Crippen LogP contribution in [0.15, 0.2) is 15.9 Å². The normalized spacial score (nSPS) is 16.6. The number of aromatic nitrogens is 4. The summed E-state index contributed by atoms with van der Waals surface area (Å²) >= 11 is 0. The number of ether oxygens (including phenoxy) is 1. The number of fused-ring (bicyclic) bond motifs is 1. The van der Waals surface area contributed by atoms with E-state index in [0.29, 0.717) is 24.3 Å². The van der Waals surface area contributed by atoms with Crippen molar-refractivity contribution in [3.8, 4) is 0 Å². The van der Waals surface area contributed by atoms with Crippen molar-refractivity contribution in [1.29, 1.82) is 0 Å². The summed E-state index contributed by atoms with van der Waals surface area (Å²) in [5.41, 5.74) is 0.0803. The summed E-state index contributed by atoms with van der Waals surface area (Å²) in [6, 6.07) is 0.241. The van der Waals surface area contributed by atoms with E-state index in [9.17, 15) is 9.59 Å². The van der Waals surface area contributed by atoms with E-state index in [-0.39, 0.29) is 11.6 Å². The molecule has 114 valence electrons. The Bertz CT molecular complexity index is 738. The molecule has 0 unspecified atom stereocenters. The number of imidazole rings is 1. The molecule has 0 saturated carbocycles. The largest absolute Gasteiger partial charge is 0.383 e. The minimum Gasteiger partial charge on any atom is -0.383 e. The van der Waals surface area contributed by atoms with Crippen LogP contribution in [-0.4, -0.2) is 45.9 Å². The molecule has 2 aromatic heterocycles. The van der Waals surface area contributed by atoms with E-state index in [1.807, 2.05) is 4.57 Å². The van der Waals surface area contributed by atoms with Crippen LogP contribution in [0.3, 0.4) is 0 Å². The van der Waals surface area contributed by atoms with Crippen LogP contribution in [0.5, 0.6) is 0 Å². The van der Waals surface area contributed by atoms with Crippen molar-refractivity contribution < 1.29 is 4.74 Å². The molecule has 1 fully saturated rings. The number of nitrogens with one attached hydrogen (secondary N) is 2. The average Bonchev–Trinajstić information content (AvgIpc) is 2.93. The van der Waals surface area contributed by atoms with Crippen LogP contribution in [0.2, 0.25) is 0 Å². The number of piperidine rings is 1. The van der Waals surface area contributed by atoms with Crippen molar-refractivity contribution in [2.45, 2.75) is 25.4 Å². The Morgan fingerprint density at radius 1 is 1.38 bits per heavy atom. The number of hydrogen-bond donors (Lipinski definition) is 2. The van der Waals surface area contributed by atoms with Gasteiger partial charge in [-0.3, -0.25) is 14.3 Å². The van der Waals surface area contributed by atoms with Gasteiger partial charge in [-0.25, -0.2) is 9.78 Å². The van der Waals surface area contributed by atoms with Crippen molar-refractivity contribution in [2.75, 3.05) is 26.8 Å². The van der Waals surface area contributed by atoms with Gasteiger partial charge >= 0.3 is 5.69 Å². The number of nitrogens with zero attached hydrogens (tertiary/aromatic N) is 3. The molecule has 3 heterocycles. The molecule has 0 aliphatic carbocycles. The molecular formula is C13H19N5O3. The Hall–Kier alpha value is -1.93. The minimum atomic E-state index is -0.444. The topological polar surface area (TPSA) is 93.9 Å². The van der Waals surface area contributed by atoms with Crippen LogP contribution >= 0.6 is 0 Å². The van der Waals surface area contributed by atoms with Gasteiger partial charge in [0.1, 0.15) is 0 Å². The number of H-pyrrole nitrogens is 1. The maximum Gasteiger partial charge on any atom is 0.330 e. The first-order chi connectivity index (χ1) is 10.2. The van der Waals surface area contributed by atoms with Crippen molar-refractivity contribution in [2.24, 2.45) is 0 Å². The summed E-state index contributed by atoms with van der Waals surface area (Å²) in [6.45, 7) is 2.60. The zero-order valence-electron chi connectivity index (χ0n) is 12.0. The van der Waals surface area contributed by atoms with Gasteiger partial charge in [-0.2, -0.15) is 0 Å². The maximum atomic E-state index is 12.2. The first kappa shape index (κ1) is 14.0. The first-order valence-electron chi connectivity index (χ1n) is 7.11. The fraction of sp³-hybridized carbons (Fsp3) is 0.615. The van der Waals surface area contributed by atoms with Crippen molar-refractivity contribution in [3.05, 3.63) is 27.2 Å². The predicted molar refractivity (Wildman–Crippen MR) is 77.6 cm³/mol. The summed E-state index contributed by atoms with van der Waals surface area (Å²) in [5.74, 6) is 0. The third kappa shape index (κ3) is 2.52. The van der Waals surface area contributed by atoms with Crippen LogP contribution in [0.4, 0.5) is 0 Å². The standard InChI is InChI=1S/C13H19N5O3/c1-21-7-6-17-11-10(12(19)16-13(17)20)18(8-15-11)9-2-4-14-5-3-9/h8-9,14H,2-7H2,1H3,(H,16,19,20). The SMILES string of the molecule is COCCn1c(=O)[nH]c(=O)c2c1ncn2C1CCNCC1.